The van der Waals surface area contributed by atoms with E-state index in [4.69, 9.17) is 32.9 Å². The third-order valence-electron chi connectivity index (χ3n) is 5.31. The highest BCUT2D eigenvalue weighted by atomic mass is 35.5. The van der Waals surface area contributed by atoms with Crippen LogP contribution in [0.15, 0.2) is 60.8 Å². The van der Waals surface area contributed by atoms with Crippen LogP contribution in [0.1, 0.15) is 11.3 Å². The third kappa shape index (κ3) is 4.64. The molecule has 0 fully saturated rings. The van der Waals surface area contributed by atoms with E-state index in [0.717, 1.165) is 33.9 Å². The molecule has 5 rings (SSSR count). The third-order valence-corrected chi connectivity index (χ3v) is 6.00. The highest BCUT2D eigenvalue weighted by Crippen LogP contribution is 2.28. The van der Waals surface area contributed by atoms with Crippen molar-refractivity contribution in [2.45, 2.75) is 13.5 Å². The number of hydrogen-bond acceptors (Lipinski definition) is 6. The van der Waals surface area contributed by atoms with E-state index in [1.165, 1.54) is 0 Å². The Kier molecular flexibility index (Phi) is 6.00. The van der Waals surface area contributed by atoms with E-state index in [2.05, 4.69) is 25.8 Å². The Bertz CT molecular complexity index is 1440. The van der Waals surface area contributed by atoms with Gasteiger partial charge in [0, 0.05) is 31.5 Å². The van der Waals surface area contributed by atoms with Crippen molar-refractivity contribution in [1.82, 2.24) is 24.7 Å². The highest BCUT2D eigenvalue weighted by molar-refractivity contribution is 6.33. The molecule has 34 heavy (non-hydrogen) atoms. The fourth-order valence-electron chi connectivity index (χ4n) is 3.46. The molecule has 0 bridgehead atoms. The molecule has 0 atom stereocenters. The molecule has 0 amide bonds. The van der Waals surface area contributed by atoms with Crippen LogP contribution in [0.5, 0.6) is 11.6 Å². The maximum absolute atomic E-state index is 6.27. The summed E-state index contributed by atoms with van der Waals surface area (Å²) >= 11 is 12.1. The monoisotopic (exact) mass is 493 g/mol. The molecule has 8 nitrogen and oxygen atoms in total. The lowest BCUT2D eigenvalue weighted by atomic mass is 10.2. The summed E-state index contributed by atoms with van der Waals surface area (Å²) in [6.07, 6.45) is 1.55. The molecule has 0 saturated carbocycles. The summed E-state index contributed by atoms with van der Waals surface area (Å²) in [5.41, 5.74) is 4.66. The zero-order valence-electron chi connectivity index (χ0n) is 18.4. The molecule has 0 unspecified atom stereocenters. The molecule has 0 aliphatic rings. The van der Waals surface area contributed by atoms with E-state index in [1.807, 2.05) is 61.0 Å². The first-order valence-corrected chi connectivity index (χ1v) is 11.3. The summed E-state index contributed by atoms with van der Waals surface area (Å²) in [6, 6.07) is 17.2. The van der Waals surface area contributed by atoms with Gasteiger partial charge in [0.15, 0.2) is 5.82 Å². The molecular formula is C24H21Cl2N7O. The Morgan fingerprint density at radius 2 is 1.88 bits per heavy atom. The molecule has 172 valence electrons. The van der Waals surface area contributed by atoms with Crippen molar-refractivity contribution in [3.63, 3.8) is 0 Å². The number of H-pyrrole nitrogens is 1. The standard InChI is InChI=1S/C24H21Cl2N7O/c1-14-22(26)23(32-31-14)29-17-6-9-19-20(11-17)33(2)24(30-19)28-12-15-3-7-18(8-4-15)34-21-10-5-16(25)13-27-21/h3-11,13H,12H2,1-2H3,(H,28,30)(H2,29,31,32). The molecular weight excluding hydrogens is 473 g/mol. The van der Waals surface area contributed by atoms with Crippen molar-refractivity contribution in [2.24, 2.45) is 7.05 Å². The summed E-state index contributed by atoms with van der Waals surface area (Å²) in [4.78, 5) is 8.85. The zero-order chi connectivity index (χ0) is 23.7. The molecule has 10 heteroatoms. The predicted octanol–water partition coefficient (Wildman–Crippen LogP) is 6.45. The van der Waals surface area contributed by atoms with E-state index in [-0.39, 0.29) is 0 Å². The van der Waals surface area contributed by atoms with Gasteiger partial charge >= 0.3 is 0 Å². The molecule has 3 heterocycles. The fourth-order valence-corrected chi connectivity index (χ4v) is 3.70. The SMILES string of the molecule is Cc1[nH]nc(Nc2ccc3nc(NCc4ccc(Oc5ccc(Cl)cn5)cc4)n(C)c3c2)c1Cl. The van der Waals surface area contributed by atoms with Gasteiger partial charge in [-0.15, -0.1) is 0 Å². The average molecular weight is 494 g/mol. The predicted molar refractivity (Wildman–Crippen MR) is 135 cm³/mol. The second-order valence-corrected chi connectivity index (χ2v) is 8.56. The van der Waals surface area contributed by atoms with E-state index < -0.39 is 0 Å². The number of hydrogen-bond donors (Lipinski definition) is 3. The molecule has 3 aromatic heterocycles. The van der Waals surface area contributed by atoms with Crippen LogP contribution in [0.25, 0.3) is 11.0 Å². The Morgan fingerprint density at radius 1 is 1.06 bits per heavy atom. The summed E-state index contributed by atoms with van der Waals surface area (Å²) in [5.74, 6) is 2.56. The number of benzene rings is 2. The number of halogens is 2. The summed E-state index contributed by atoms with van der Waals surface area (Å²) in [6.45, 7) is 2.49. The molecule has 0 aliphatic heterocycles. The van der Waals surface area contributed by atoms with Crippen molar-refractivity contribution in [1.29, 1.82) is 0 Å². The maximum Gasteiger partial charge on any atom is 0.219 e. The average Bonchev–Trinajstić information content (AvgIpc) is 3.33. The van der Waals surface area contributed by atoms with Crippen LogP contribution in [0, 0.1) is 6.92 Å². The van der Waals surface area contributed by atoms with E-state index in [1.54, 1.807) is 18.3 Å². The zero-order valence-corrected chi connectivity index (χ0v) is 19.9. The van der Waals surface area contributed by atoms with Gasteiger partial charge in [0.05, 0.1) is 21.7 Å². The van der Waals surface area contributed by atoms with Crippen LogP contribution >= 0.6 is 23.2 Å². The van der Waals surface area contributed by atoms with Crippen LogP contribution in [0.2, 0.25) is 10.0 Å². The number of nitrogens with zero attached hydrogens (tertiary/aromatic N) is 4. The molecule has 2 aromatic carbocycles. The number of ether oxygens (including phenoxy) is 1. The van der Waals surface area contributed by atoms with Gasteiger partial charge in [0.25, 0.3) is 0 Å². The number of fused-ring (bicyclic) bond motifs is 1. The van der Waals surface area contributed by atoms with Crippen molar-refractivity contribution < 1.29 is 4.74 Å². The topological polar surface area (TPSA) is 92.7 Å². The minimum atomic E-state index is 0.494. The van der Waals surface area contributed by atoms with Gasteiger partial charge in [-0.05, 0) is 48.9 Å². The first-order valence-electron chi connectivity index (χ1n) is 10.5. The summed E-state index contributed by atoms with van der Waals surface area (Å²) in [5, 5.41) is 14.9. The Labute approximate surface area is 205 Å². The number of aromatic amines is 1. The second kappa shape index (κ2) is 9.24. The minimum Gasteiger partial charge on any atom is -0.439 e. The molecule has 3 N–H and O–H groups in total. The van der Waals surface area contributed by atoms with Crippen molar-refractivity contribution >= 4 is 51.7 Å². The molecule has 0 aliphatic carbocycles. The fraction of sp³-hybridized carbons (Fsp3) is 0.125. The molecule has 0 radical (unpaired) electrons. The first-order chi connectivity index (χ1) is 16.5. The lowest BCUT2D eigenvalue weighted by molar-refractivity contribution is 0.463. The van der Waals surface area contributed by atoms with Crippen molar-refractivity contribution in [2.75, 3.05) is 10.6 Å². The second-order valence-electron chi connectivity index (χ2n) is 7.75. The Balaban J connectivity index is 1.26. The van der Waals surface area contributed by atoms with Crippen LogP contribution in [-0.2, 0) is 13.6 Å². The molecule has 0 spiro atoms. The number of aryl methyl sites for hydroxylation is 2. The van der Waals surface area contributed by atoms with Gasteiger partial charge in [0.2, 0.25) is 11.8 Å². The minimum absolute atomic E-state index is 0.494. The van der Waals surface area contributed by atoms with Crippen molar-refractivity contribution in [3.8, 4) is 11.6 Å². The summed E-state index contributed by atoms with van der Waals surface area (Å²) < 4.78 is 7.76. The quantitative estimate of drug-likeness (QED) is 0.241. The van der Waals surface area contributed by atoms with E-state index in [9.17, 15) is 0 Å². The highest BCUT2D eigenvalue weighted by Gasteiger charge is 2.11. The lowest BCUT2D eigenvalue weighted by Crippen LogP contribution is -2.05. The van der Waals surface area contributed by atoms with Gasteiger partial charge in [-0.3, -0.25) is 5.10 Å². The van der Waals surface area contributed by atoms with E-state index >= 15 is 0 Å². The van der Waals surface area contributed by atoms with Gasteiger partial charge in [-0.25, -0.2) is 9.97 Å². The number of pyridine rings is 1. The largest absolute Gasteiger partial charge is 0.439 e. The van der Waals surface area contributed by atoms with E-state index in [0.29, 0.717) is 34.0 Å². The van der Waals surface area contributed by atoms with Crippen LogP contribution < -0.4 is 15.4 Å². The van der Waals surface area contributed by atoms with Gasteiger partial charge in [-0.2, -0.15) is 5.10 Å². The number of aromatic nitrogens is 5. The van der Waals surface area contributed by atoms with Gasteiger partial charge < -0.3 is 19.9 Å². The van der Waals surface area contributed by atoms with Crippen LogP contribution in [0.4, 0.5) is 17.5 Å². The van der Waals surface area contributed by atoms with Crippen LogP contribution in [-0.4, -0.2) is 24.7 Å². The maximum atomic E-state index is 6.27. The molecule has 0 saturated heterocycles. The Morgan fingerprint density at radius 3 is 2.59 bits per heavy atom. The number of anilines is 3. The Hall–Kier alpha value is -3.75. The number of rotatable bonds is 7. The first kappa shape index (κ1) is 22.1. The van der Waals surface area contributed by atoms with Crippen LogP contribution in [0.3, 0.4) is 0 Å². The van der Waals surface area contributed by atoms with Crippen molar-refractivity contribution in [3.05, 3.63) is 82.1 Å². The number of imidazole rings is 1. The number of nitrogens with one attached hydrogen (secondary N) is 3. The molecule has 5 aromatic rings. The van der Waals surface area contributed by atoms with Gasteiger partial charge in [-0.1, -0.05) is 35.3 Å². The summed E-state index contributed by atoms with van der Waals surface area (Å²) in [7, 11) is 1.98. The normalized spacial score (nSPS) is 11.1. The lowest BCUT2D eigenvalue weighted by Gasteiger charge is -2.08. The smallest absolute Gasteiger partial charge is 0.219 e. The van der Waals surface area contributed by atoms with Gasteiger partial charge in [0.1, 0.15) is 10.8 Å².